The van der Waals surface area contributed by atoms with Gasteiger partial charge in [0, 0.05) is 15.8 Å². The van der Waals surface area contributed by atoms with Gasteiger partial charge in [0.05, 0.1) is 12.7 Å². The monoisotopic (exact) mass is 254 g/mol. The second-order valence-electron chi connectivity index (χ2n) is 3.89. The Labute approximate surface area is 106 Å². The van der Waals surface area contributed by atoms with Crippen LogP contribution in [-0.2, 0) is 16.1 Å². The van der Waals surface area contributed by atoms with Gasteiger partial charge in [-0.05, 0) is 31.6 Å². The number of hydrogen-bond donors (Lipinski definition) is 1. The summed E-state index contributed by atoms with van der Waals surface area (Å²) < 4.78 is 5.68. The van der Waals surface area contributed by atoms with Crippen LogP contribution in [0.1, 0.15) is 36.4 Å². The fourth-order valence-electron chi connectivity index (χ4n) is 1.43. The van der Waals surface area contributed by atoms with Crippen LogP contribution in [0.2, 0.25) is 0 Å². The molecule has 0 radical (unpaired) electrons. The van der Waals surface area contributed by atoms with Crippen molar-refractivity contribution in [1.82, 2.24) is 0 Å². The summed E-state index contributed by atoms with van der Waals surface area (Å²) in [5.74, 6) is -0.923. The standard InChI is InChI=1S/C13H18O3S/c1-3-4-10(2)16-9-12-6-5-11(17-12)7-8-13(14)15/h5-8,10H,3-4,9H2,1-2H3,(H,14,15)/b8-7+. The summed E-state index contributed by atoms with van der Waals surface area (Å²) in [5.41, 5.74) is 0. The van der Waals surface area contributed by atoms with Gasteiger partial charge < -0.3 is 9.84 Å². The Hall–Kier alpha value is -1.13. The molecule has 1 atom stereocenters. The SMILES string of the molecule is CCCC(C)OCc1ccc(/C=C/C(=O)O)s1. The molecule has 0 bridgehead atoms. The first-order valence-electron chi connectivity index (χ1n) is 5.73. The highest BCUT2D eigenvalue weighted by Crippen LogP contribution is 2.19. The first kappa shape index (κ1) is 13.9. The van der Waals surface area contributed by atoms with Crippen LogP contribution in [0.3, 0.4) is 0 Å². The molecule has 1 unspecified atom stereocenters. The van der Waals surface area contributed by atoms with Crippen molar-refractivity contribution in [3.8, 4) is 0 Å². The van der Waals surface area contributed by atoms with Gasteiger partial charge >= 0.3 is 5.97 Å². The first-order chi connectivity index (χ1) is 8.11. The van der Waals surface area contributed by atoms with Crippen LogP contribution >= 0.6 is 11.3 Å². The third-order valence-electron chi connectivity index (χ3n) is 2.28. The molecule has 3 nitrogen and oxygen atoms in total. The molecule has 1 aromatic rings. The second kappa shape index (κ2) is 7.25. The average molecular weight is 254 g/mol. The van der Waals surface area contributed by atoms with Gasteiger partial charge in [0.25, 0.3) is 0 Å². The topological polar surface area (TPSA) is 46.5 Å². The van der Waals surface area contributed by atoms with E-state index in [2.05, 4.69) is 13.8 Å². The van der Waals surface area contributed by atoms with Gasteiger partial charge in [-0.1, -0.05) is 13.3 Å². The van der Waals surface area contributed by atoms with E-state index in [1.807, 2.05) is 12.1 Å². The molecule has 0 saturated heterocycles. The van der Waals surface area contributed by atoms with E-state index >= 15 is 0 Å². The summed E-state index contributed by atoms with van der Waals surface area (Å²) >= 11 is 1.56. The molecular weight excluding hydrogens is 236 g/mol. The zero-order valence-electron chi connectivity index (χ0n) is 10.2. The third kappa shape index (κ3) is 5.65. The Morgan fingerprint density at radius 3 is 3.00 bits per heavy atom. The predicted molar refractivity (Wildman–Crippen MR) is 70.1 cm³/mol. The van der Waals surface area contributed by atoms with Crippen molar-refractivity contribution in [2.24, 2.45) is 0 Å². The Kier molecular flexibility index (Phi) is 5.94. The predicted octanol–water partition coefficient (Wildman–Crippen LogP) is 3.55. The molecule has 94 valence electrons. The molecule has 1 rings (SSSR count). The average Bonchev–Trinajstić information content (AvgIpc) is 2.72. The summed E-state index contributed by atoms with van der Waals surface area (Å²) in [6.07, 6.45) is 5.22. The number of thiophene rings is 1. The molecule has 1 N–H and O–H groups in total. The van der Waals surface area contributed by atoms with Gasteiger partial charge in [0.2, 0.25) is 0 Å². The lowest BCUT2D eigenvalue weighted by molar-refractivity contribution is -0.131. The van der Waals surface area contributed by atoms with Crippen LogP contribution in [0.15, 0.2) is 18.2 Å². The lowest BCUT2D eigenvalue weighted by Crippen LogP contribution is -2.06. The number of carbonyl (C=O) groups is 1. The van der Waals surface area contributed by atoms with Crippen molar-refractivity contribution >= 4 is 23.4 Å². The lowest BCUT2D eigenvalue weighted by atomic mass is 10.2. The van der Waals surface area contributed by atoms with Crippen LogP contribution in [0.5, 0.6) is 0 Å². The molecular formula is C13H18O3S. The van der Waals surface area contributed by atoms with E-state index in [1.165, 1.54) is 0 Å². The Balaban J connectivity index is 2.43. The van der Waals surface area contributed by atoms with Crippen LogP contribution in [0.4, 0.5) is 0 Å². The number of rotatable bonds is 7. The second-order valence-corrected chi connectivity index (χ2v) is 5.09. The van der Waals surface area contributed by atoms with Crippen LogP contribution in [0, 0.1) is 0 Å². The van der Waals surface area contributed by atoms with Crippen molar-refractivity contribution in [3.05, 3.63) is 28.0 Å². The maximum atomic E-state index is 10.4. The number of carboxylic acids is 1. The van der Waals surface area contributed by atoms with E-state index in [0.29, 0.717) is 6.61 Å². The van der Waals surface area contributed by atoms with Gasteiger partial charge in [-0.25, -0.2) is 4.79 Å². The smallest absolute Gasteiger partial charge is 0.328 e. The molecule has 1 heterocycles. The highest BCUT2D eigenvalue weighted by atomic mass is 32.1. The molecule has 0 aromatic carbocycles. The zero-order chi connectivity index (χ0) is 12.7. The molecule has 0 aliphatic rings. The number of hydrogen-bond acceptors (Lipinski definition) is 3. The van der Waals surface area contributed by atoms with Crippen molar-refractivity contribution in [2.45, 2.75) is 39.4 Å². The molecule has 0 spiro atoms. The van der Waals surface area contributed by atoms with E-state index in [0.717, 1.165) is 28.7 Å². The summed E-state index contributed by atoms with van der Waals surface area (Å²) in [4.78, 5) is 12.4. The minimum Gasteiger partial charge on any atom is -0.478 e. The fraction of sp³-hybridized carbons (Fsp3) is 0.462. The van der Waals surface area contributed by atoms with Crippen LogP contribution in [0.25, 0.3) is 6.08 Å². The quantitative estimate of drug-likeness (QED) is 0.757. The van der Waals surface area contributed by atoms with E-state index in [9.17, 15) is 4.79 Å². The number of aliphatic carboxylic acids is 1. The molecule has 4 heteroatoms. The van der Waals surface area contributed by atoms with Gasteiger partial charge in [0.15, 0.2) is 0 Å². The van der Waals surface area contributed by atoms with Gasteiger partial charge in [-0.3, -0.25) is 0 Å². The van der Waals surface area contributed by atoms with E-state index in [-0.39, 0.29) is 6.10 Å². The van der Waals surface area contributed by atoms with Crippen molar-refractivity contribution in [2.75, 3.05) is 0 Å². The first-order valence-corrected chi connectivity index (χ1v) is 6.54. The Bertz CT molecular complexity index is 382. The van der Waals surface area contributed by atoms with Gasteiger partial charge in [-0.15, -0.1) is 11.3 Å². The highest BCUT2D eigenvalue weighted by molar-refractivity contribution is 7.12. The largest absolute Gasteiger partial charge is 0.478 e. The maximum Gasteiger partial charge on any atom is 0.328 e. The van der Waals surface area contributed by atoms with Crippen LogP contribution < -0.4 is 0 Å². The summed E-state index contributed by atoms with van der Waals surface area (Å²) in [7, 11) is 0. The normalized spacial score (nSPS) is 13.1. The summed E-state index contributed by atoms with van der Waals surface area (Å²) in [6, 6.07) is 3.89. The summed E-state index contributed by atoms with van der Waals surface area (Å²) in [6.45, 7) is 4.81. The fourth-order valence-corrected chi connectivity index (χ4v) is 2.27. The minimum absolute atomic E-state index is 0.278. The van der Waals surface area contributed by atoms with Gasteiger partial charge in [-0.2, -0.15) is 0 Å². The minimum atomic E-state index is -0.923. The molecule has 0 fully saturated rings. The molecule has 0 aliphatic carbocycles. The molecule has 1 aromatic heterocycles. The van der Waals surface area contributed by atoms with Crippen molar-refractivity contribution in [3.63, 3.8) is 0 Å². The van der Waals surface area contributed by atoms with Crippen molar-refractivity contribution < 1.29 is 14.6 Å². The third-order valence-corrected chi connectivity index (χ3v) is 3.30. The highest BCUT2D eigenvalue weighted by Gasteiger charge is 2.03. The molecule has 17 heavy (non-hydrogen) atoms. The van der Waals surface area contributed by atoms with E-state index < -0.39 is 5.97 Å². The molecule has 0 aliphatic heterocycles. The Morgan fingerprint density at radius 1 is 1.59 bits per heavy atom. The molecule has 0 amide bonds. The van der Waals surface area contributed by atoms with E-state index in [4.69, 9.17) is 9.84 Å². The number of ether oxygens (including phenoxy) is 1. The number of carboxylic acid groups (broad SMARTS) is 1. The zero-order valence-corrected chi connectivity index (χ0v) is 11.0. The summed E-state index contributed by atoms with van der Waals surface area (Å²) in [5, 5.41) is 8.51. The Morgan fingerprint density at radius 2 is 2.35 bits per heavy atom. The van der Waals surface area contributed by atoms with Gasteiger partial charge in [0.1, 0.15) is 0 Å². The van der Waals surface area contributed by atoms with E-state index in [1.54, 1.807) is 17.4 Å². The molecule has 0 saturated carbocycles. The van der Waals surface area contributed by atoms with Crippen molar-refractivity contribution in [1.29, 1.82) is 0 Å². The van der Waals surface area contributed by atoms with Crippen LogP contribution in [-0.4, -0.2) is 17.2 Å². The maximum absolute atomic E-state index is 10.4. The lowest BCUT2D eigenvalue weighted by Gasteiger charge is -2.10.